The molecule has 0 atom stereocenters. The number of nitrogens with one attached hydrogen (secondary N) is 2. The lowest BCUT2D eigenvalue weighted by atomic mass is 10.1. The van der Waals surface area contributed by atoms with Gasteiger partial charge in [0, 0.05) is 18.7 Å². The Morgan fingerprint density at radius 1 is 1.14 bits per heavy atom. The van der Waals surface area contributed by atoms with Crippen molar-refractivity contribution in [3.63, 3.8) is 0 Å². The third kappa shape index (κ3) is 3.24. The monoisotopic (exact) mass is 377 g/mol. The highest BCUT2D eigenvalue weighted by Crippen LogP contribution is 2.22. The van der Waals surface area contributed by atoms with Gasteiger partial charge in [-0.15, -0.1) is 0 Å². The minimum atomic E-state index is -0.156. The minimum Gasteiger partial charge on any atom is -0.352 e. The largest absolute Gasteiger partial charge is 0.352 e. The van der Waals surface area contributed by atoms with Gasteiger partial charge in [0.05, 0.1) is 27.7 Å². The molecule has 0 aliphatic carbocycles. The van der Waals surface area contributed by atoms with Crippen LogP contribution >= 0.6 is 0 Å². The lowest BCUT2D eigenvalue weighted by Crippen LogP contribution is -2.26. The van der Waals surface area contributed by atoms with E-state index in [1.165, 1.54) is 11.1 Å². The molecule has 0 aliphatic heterocycles. The van der Waals surface area contributed by atoms with Crippen LogP contribution in [-0.2, 0) is 12.8 Å². The lowest BCUT2D eigenvalue weighted by molar-refractivity contribution is 0.0955. The number of benzene rings is 1. The maximum absolute atomic E-state index is 12.8. The van der Waals surface area contributed by atoms with Crippen molar-refractivity contribution >= 4 is 28.0 Å². The van der Waals surface area contributed by atoms with E-state index in [9.17, 15) is 4.79 Å². The van der Waals surface area contributed by atoms with Crippen LogP contribution < -0.4 is 5.32 Å². The highest BCUT2D eigenvalue weighted by atomic mass is 16.5. The molecule has 0 unspecified atom stereocenters. The molecule has 0 aliphatic rings. The summed E-state index contributed by atoms with van der Waals surface area (Å²) in [7, 11) is 0. The van der Waals surface area contributed by atoms with Crippen molar-refractivity contribution in [2.24, 2.45) is 0 Å². The number of fused-ring (bicyclic) bond motifs is 2. The molecule has 28 heavy (non-hydrogen) atoms. The van der Waals surface area contributed by atoms with E-state index in [0.29, 0.717) is 41.7 Å². The summed E-state index contributed by atoms with van der Waals surface area (Å²) >= 11 is 0. The molecule has 7 heteroatoms. The Morgan fingerprint density at radius 3 is 2.71 bits per heavy atom. The Labute approximate surface area is 162 Å². The highest BCUT2D eigenvalue weighted by Gasteiger charge is 2.18. The van der Waals surface area contributed by atoms with Crippen molar-refractivity contribution in [1.29, 1.82) is 0 Å². The first kappa shape index (κ1) is 18.2. The molecule has 3 aromatic heterocycles. The number of aryl methyl sites for hydroxylation is 4. The summed E-state index contributed by atoms with van der Waals surface area (Å²) in [5, 5.41) is 7.60. The SMILES string of the molecule is CCc1cc(C(=O)NCCc2nc3cc(C)c(C)cc3[nH]2)c2c(C)noc2n1. The molecule has 144 valence electrons. The van der Waals surface area contributed by atoms with E-state index in [1.54, 1.807) is 0 Å². The van der Waals surface area contributed by atoms with Gasteiger partial charge in [0.1, 0.15) is 5.82 Å². The van der Waals surface area contributed by atoms with Crippen molar-refractivity contribution in [2.45, 2.75) is 40.5 Å². The van der Waals surface area contributed by atoms with Crippen LogP contribution in [0.1, 0.15) is 45.6 Å². The van der Waals surface area contributed by atoms with Crippen LogP contribution in [0, 0.1) is 20.8 Å². The summed E-state index contributed by atoms with van der Waals surface area (Å²) in [6.45, 7) is 8.45. The van der Waals surface area contributed by atoms with Crippen molar-refractivity contribution in [3.8, 4) is 0 Å². The quantitative estimate of drug-likeness (QED) is 0.554. The molecule has 7 nitrogen and oxygen atoms in total. The molecule has 0 radical (unpaired) electrons. The number of amides is 1. The number of nitrogens with zero attached hydrogens (tertiary/aromatic N) is 3. The topological polar surface area (TPSA) is 96.7 Å². The van der Waals surface area contributed by atoms with Crippen LogP contribution in [0.25, 0.3) is 22.1 Å². The van der Waals surface area contributed by atoms with Crippen molar-refractivity contribution < 1.29 is 9.32 Å². The predicted molar refractivity (Wildman–Crippen MR) is 108 cm³/mol. The van der Waals surface area contributed by atoms with Crippen molar-refractivity contribution in [2.75, 3.05) is 6.54 Å². The molecular weight excluding hydrogens is 354 g/mol. The fourth-order valence-corrected chi connectivity index (χ4v) is 3.34. The second kappa shape index (κ2) is 7.07. The Morgan fingerprint density at radius 2 is 1.93 bits per heavy atom. The number of hydrogen-bond acceptors (Lipinski definition) is 5. The van der Waals surface area contributed by atoms with Gasteiger partial charge in [0.15, 0.2) is 0 Å². The number of carbonyl (C=O) groups is 1. The average Bonchev–Trinajstić information content (AvgIpc) is 3.24. The molecule has 1 amide bonds. The Kier molecular flexibility index (Phi) is 4.58. The van der Waals surface area contributed by atoms with Crippen LogP contribution in [0.3, 0.4) is 0 Å². The normalized spacial score (nSPS) is 11.4. The van der Waals surface area contributed by atoms with Crippen LogP contribution in [-0.4, -0.2) is 32.6 Å². The molecule has 3 heterocycles. The number of imidazole rings is 1. The summed E-state index contributed by atoms with van der Waals surface area (Å²) < 4.78 is 5.25. The molecule has 0 bridgehead atoms. The second-order valence-corrected chi connectivity index (χ2v) is 7.11. The van der Waals surface area contributed by atoms with E-state index in [0.717, 1.165) is 22.6 Å². The third-order valence-corrected chi connectivity index (χ3v) is 5.07. The number of pyridine rings is 1. The molecule has 2 N–H and O–H groups in total. The molecule has 0 fully saturated rings. The number of H-pyrrole nitrogens is 1. The molecule has 4 aromatic rings. The molecular formula is C21H23N5O2. The van der Waals surface area contributed by atoms with E-state index < -0.39 is 0 Å². The summed E-state index contributed by atoms with van der Waals surface area (Å²) in [6.07, 6.45) is 1.34. The van der Waals surface area contributed by atoms with Crippen LogP contribution in [0.15, 0.2) is 22.7 Å². The van der Waals surface area contributed by atoms with Crippen LogP contribution in [0.5, 0.6) is 0 Å². The van der Waals surface area contributed by atoms with Crippen LogP contribution in [0.2, 0.25) is 0 Å². The van der Waals surface area contributed by atoms with E-state index >= 15 is 0 Å². The first-order chi connectivity index (χ1) is 13.5. The van der Waals surface area contributed by atoms with Gasteiger partial charge in [-0.2, -0.15) is 0 Å². The van der Waals surface area contributed by atoms with Gasteiger partial charge in [-0.1, -0.05) is 12.1 Å². The zero-order valence-corrected chi connectivity index (χ0v) is 16.5. The molecule has 0 saturated heterocycles. The summed E-state index contributed by atoms with van der Waals surface area (Å²) in [6, 6.07) is 6.00. The van der Waals surface area contributed by atoms with Crippen molar-refractivity contribution in [1.82, 2.24) is 25.4 Å². The number of hydrogen-bond donors (Lipinski definition) is 2. The Bertz CT molecular complexity index is 1150. The van der Waals surface area contributed by atoms with Gasteiger partial charge >= 0.3 is 0 Å². The third-order valence-electron chi connectivity index (χ3n) is 5.07. The van der Waals surface area contributed by atoms with Gasteiger partial charge in [0.2, 0.25) is 0 Å². The Hall–Kier alpha value is -3.22. The maximum Gasteiger partial charge on any atom is 0.258 e. The van der Waals surface area contributed by atoms with Gasteiger partial charge in [-0.3, -0.25) is 4.79 Å². The van der Waals surface area contributed by atoms with E-state index in [4.69, 9.17) is 4.52 Å². The average molecular weight is 377 g/mol. The Balaban J connectivity index is 1.51. The highest BCUT2D eigenvalue weighted by molar-refractivity contribution is 6.06. The number of aromatic nitrogens is 4. The summed E-state index contributed by atoms with van der Waals surface area (Å²) in [4.78, 5) is 25.1. The minimum absolute atomic E-state index is 0.156. The van der Waals surface area contributed by atoms with Gasteiger partial charge < -0.3 is 14.8 Å². The fourth-order valence-electron chi connectivity index (χ4n) is 3.34. The molecule has 0 saturated carbocycles. The first-order valence-corrected chi connectivity index (χ1v) is 9.46. The molecule has 4 rings (SSSR count). The van der Waals surface area contributed by atoms with Gasteiger partial charge in [-0.05, 0) is 56.5 Å². The predicted octanol–water partition coefficient (Wildman–Crippen LogP) is 3.56. The van der Waals surface area contributed by atoms with E-state index in [2.05, 4.69) is 51.4 Å². The second-order valence-electron chi connectivity index (χ2n) is 7.11. The smallest absolute Gasteiger partial charge is 0.258 e. The molecule has 0 spiro atoms. The number of aromatic amines is 1. The zero-order chi connectivity index (χ0) is 19.8. The van der Waals surface area contributed by atoms with Gasteiger partial charge in [-0.25, -0.2) is 9.97 Å². The van der Waals surface area contributed by atoms with Gasteiger partial charge in [0.25, 0.3) is 11.6 Å². The fraction of sp³-hybridized carbons (Fsp3) is 0.333. The number of carbonyl (C=O) groups excluding carboxylic acids is 1. The standard InChI is InChI=1S/C21H23N5O2/c1-5-14-10-15(19-13(4)26-28-21(19)23-14)20(27)22-7-6-18-24-16-8-11(2)12(3)9-17(16)25-18/h8-10H,5-7H2,1-4H3,(H,22,27)(H,24,25). The zero-order valence-electron chi connectivity index (χ0n) is 16.5. The van der Waals surface area contributed by atoms with E-state index in [-0.39, 0.29) is 5.91 Å². The van der Waals surface area contributed by atoms with Crippen LogP contribution in [0.4, 0.5) is 0 Å². The molecule has 1 aromatic carbocycles. The summed E-state index contributed by atoms with van der Waals surface area (Å²) in [5.74, 6) is 0.701. The number of rotatable bonds is 5. The summed E-state index contributed by atoms with van der Waals surface area (Å²) in [5.41, 5.74) is 6.85. The lowest BCUT2D eigenvalue weighted by Gasteiger charge is -2.07. The van der Waals surface area contributed by atoms with E-state index in [1.807, 2.05) is 19.9 Å². The first-order valence-electron chi connectivity index (χ1n) is 9.46. The van der Waals surface area contributed by atoms with Crippen molar-refractivity contribution in [3.05, 3.63) is 52.1 Å². The maximum atomic E-state index is 12.8.